The number of rotatable bonds is 6. The summed E-state index contributed by atoms with van der Waals surface area (Å²) in [6.45, 7) is 2.81. The van der Waals surface area contributed by atoms with Crippen molar-refractivity contribution >= 4 is 45.8 Å². The van der Waals surface area contributed by atoms with Gasteiger partial charge < -0.3 is 14.7 Å². The lowest BCUT2D eigenvalue weighted by Gasteiger charge is -2.37. The van der Waals surface area contributed by atoms with E-state index in [2.05, 4.69) is 39.8 Å². The smallest absolute Gasteiger partial charge is 0.258 e. The summed E-state index contributed by atoms with van der Waals surface area (Å²) in [5, 5.41) is 11.2. The summed E-state index contributed by atoms with van der Waals surface area (Å²) in [7, 11) is 0. The Morgan fingerprint density at radius 1 is 1.12 bits per heavy atom. The summed E-state index contributed by atoms with van der Waals surface area (Å²) in [6, 6.07) is 21.5. The van der Waals surface area contributed by atoms with Gasteiger partial charge in [0.15, 0.2) is 5.11 Å². The van der Waals surface area contributed by atoms with Crippen molar-refractivity contribution in [3.8, 4) is 11.4 Å². The van der Waals surface area contributed by atoms with Crippen molar-refractivity contribution < 1.29 is 4.52 Å². The van der Waals surface area contributed by atoms with Crippen LogP contribution in [0.5, 0.6) is 0 Å². The van der Waals surface area contributed by atoms with Crippen LogP contribution in [0, 0.1) is 0 Å². The molecule has 1 N–H and O–H groups in total. The fraction of sp³-hybridized carbons (Fsp3) is 0.160. The van der Waals surface area contributed by atoms with Crippen LogP contribution >= 0.6 is 35.2 Å². The van der Waals surface area contributed by atoms with Crippen LogP contribution in [0.1, 0.15) is 29.3 Å². The van der Waals surface area contributed by atoms with Crippen molar-refractivity contribution in [1.82, 2.24) is 20.4 Å². The summed E-state index contributed by atoms with van der Waals surface area (Å²) in [6.07, 6.45) is 0.894. The third-order valence-electron chi connectivity index (χ3n) is 5.63. The highest BCUT2D eigenvalue weighted by Crippen LogP contribution is 2.38. The van der Waals surface area contributed by atoms with Gasteiger partial charge in [-0.15, -0.1) is 11.3 Å². The van der Waals surface area contributed by atoms with E-state index in [1.807, 2.05) is 54.6 Å². The van der Waals surface area contributed by atoms with E-state index in [1.54, 1.807) is 11.3 Å². The Morgan fingerprint density at radius 3 is 2.73 bits per heavy atom. The van der Waals surface area contributed by atoms with E-state index < -0.39 is 0 Å². The molecule has 1 unspecified atom stereocenters. The normalized spacial score (nSPS) is 16.2. The number of hydrogen-bond acceptors (Lipinski definition) is 5. The van der Waals surface area contributed by atoms with Crippen molar-refractivity contribution in [1.29, 1.82) is 0 Å². The van der Waals surface area contributed by atoms with Gasteiger partial charge in [-0.3, -0.25) is 0 Å². The van der Waals surface area contributed by atoms with Crippen LogP contribution in [0.2, 0.25) is 5.02 Å². The molecule has 2 aromatic heterocycles. The molecule has 1 aliphatic rings. The quantitative estimate of drug-likeness (QED) is 0.316. The molecule has 5 rings (SSSR count). The minimum Gasteiger partial charge on any atom is -0.351 e. The third-order valence-corrected chi connectivity index (χ3v) is 7.14. The van der Waals surface area contributed by atoms with Gasteiger partial charge in [-0.1, -0.05) is 65.3 Å². The molecule has 0 radical (unpaired) electrons. The van der Waals surface area contributed by atoms with Gasteiger partial charge in [-0.25, -0.2) is 0 Å². The average molecular weight is 493 g/mol. The zero-order chi connectivity index (χ0) is 22.8. The summed E-state index contributed by atoms with van der Waals surface area (Å²) in [4.78, 5) is 8.17. The number of aromatic nitrogens is 2. The van der Waals surface area contributed by atoms with Gasteiger partial charge in [0.1, 0.15) is 0 Å². The number of nitrogens with one attached hydrogen (secondary N) is 1. The molecule has 4 aromatic rings. The number of allylic oxidation sites excluding steroid dienone is 1. The van der Waals surface area contributed by atoms with Crippen LogP contribution in [-0.4, -0.2) is 26.7 Å². The van der Waals surface area contributed by atoms with E-state index in [1.165, 1.54) is 4.88 Å². The molecule has 0 saturated heterocycles. The van der Waals surface area contributed by atoms with Crippen molar-refractivity contribution in [3.63, 3.8) is 0 Å². The van der Waals surface area contributed by atoms with Gasteiger partial charge in [0.05, 0.1) is 11.6 Å². The summed E-state index contributed by atoms with van der Waals surface area (Å²) in [5.74, 6) is 1.02. The zero-order valence-electron chi connectivity index (χ0n) is 17.9. The van der Waals surface area contributed by atoms with Crippen molar-refractivity contribution in [2.45, 2.75) is 19.4 Å². The molecule has 0 amide bonds. The Labute approximate surface area is 206 Å². The monoisotopic (exact) mass is 492 g/mol. The molecule has 1 atom stereocenters. The number of thiophene rings is 1. The van der Waals surface area contributed by atoms with Crippen LogP contribution in [0.4, 0.5) is 0 Å². The molecule has 0 bridgehead atoms. The Hall–Kier alpha value is -3.00. The second-order valence-electron chi connectivity index (χ2n) is 7.71. The zero-order valence-corrected chi connectivity index (χ0v) is 20.3. The third kappa shape index (κ3) is 4.57. The van der Waals surface area contributed by atoms with Gasteiger partial charge >= 0.3 is 0 Å². The largest absolute Gasteiger partial charge is 0.351 e. The van der Waals surface area contributed by atoms with E-state index in [0.717, 1.165) is 35.4 Å². The van der Waals surface area contributed by atoms with Crippen molar-refractivity contribution in [3.05, 3.63) is 99.2 Å². The van der Waals surface area contributed by atoms with Crippen molar-refractivity contribution in [2.75, 3.05) is 6.54 Å². The van der Waals surface area contributed by atoms with Gasteiger partial charge in [0, 0.05) is 27.7 Å². The van der Waals surface area contributed by atoms with Gasteiger partial charge in [0.25, 0.3) is 5.89 Å². The van der Waals surface area contributed by atoms with Gasteiger partial charge in [-0.2, -0.15) is 4.98 Å². The maximum absolute atomic E-state index is 6.31. The second-order valence-corrected chi connectivity index (χ2v) is 9.56. The maximum atomic E-state index is 6.31. The van der Waals surface area contributed by atoms with Crippen LogP contribution in [0.3, 0.4) is 0 Å². The predicted octanol–water partition coefficient (Wildman–Crippen LogP) is 6.36. The lowest BCUT2D eigenvalue weighted by molar-refractivity contribution is 0.397. The summed E-state index contributed by atoms with van der Waals surface area (Å²) >= 11 is 13.8. The van der Waals surface area contributed by atoms with E-state index in [-0.39, 0.29) is 6.04 Å². The Kier molecular flexibility index (Phi) is 6.26. The lowest BCUT2D eigenvalue weighted by atomic mass is 9.94. The molecule has 0 fully saturated rings. The molecule has 0 aliphatic carbocycles. The highest BCUT2D eigenvalue weighted by atomic mass is 35.5. The maximum Gasteiger partial charge on any atom is 0.258 e. The fourth-order valence-corrected chi connectivity index (χ4v) is 5.22. The molecular weight excluding hydrogens is 472 g/mol. The number of thiocarbonyl (C=S) groups is 1. The second kappa shape index (κ2) is 9.47. The average Bonchev–Trinajstić information content (AvgIpc) is 3.52. The van der Waals surface area contributed by atoms with Gasteiger partial charge in [-0.05, 0) is 54.7 Å². The topological polar surface area (TPSA) is 54.2 Å². The van der Waals surface area contributed by atoms with Crippen LogP contribution in [0.15, 0.2) is 82.3 Å². The van der Waals surface area contributed by atoms with E-state index in [0.29, 0.717) is 21.9 Å². The Balaban J connectivity index is 1.56. The number of nitrogens with zero attached hydrogens (tertiary/aromatic N) is 3. The molecular formula is C25H21ClN4OS2. The first-order valence-electron chi connectivity index (χ1n) is 10.6. The highest BCUT2D eigenvalue weighted by Gasteiger charge is 2.34. The minimum absolute atomic E-state index is 0.252. The standard InChI is InChI=1S/C25H21ClN4OS2/c1-16-21(24-28-23(29-31-24)17-7-3-2-4-8-17)22(18-9-5-10-19(26)15-18)27-25(32)30(16)13-12-20-11-6-14-33-20/h2-11,14-15,22H,12-13H2,1H3,(H,27,32). The lowest BCUT2D eigenvalue weighted by Crippen LogP contribution is -2.46. The van der Waals surface area contributed by atoms with Crippen molar-refractivity contribution in [2.24, 2.45) is 0 Å². The first-order chi connectivity index (χ1) is 16.1. The molecule has 5 nitrogen and oxygen atoms in total. The van der Waals surface area contributed by atoms with E-state index in [9.17, 15) is 0 Å². The van der Waals surface area contributed by atoms with Crippen LogP contribution in [0.25, 0.3) is 17.0 Å². The molecule has 1 aliphatic heterocycles. The fourth-order valence-electron chi connectivity index (χ4n) is 3.98. The molecule has 8 heteroatoms. The number of benzene rings is 2. The summed E-state index contributed by atoms with van der Waals surface area (Å²) < 4.78 is 5.79. The Bertz CT molecular complexity index is 1300. The molecule has 33 heavy (non-hydrogen) atoms. The van der Waals surface area contributed by atoms with Crippen LogP contribution < -0.4 is 5.32 Å². The first kappa shape index (κ1) is 21.8. The number of halogens is 1. The number of hydrogen-bond donors (Lipinski definition) is 1. The van der Waals surface area contributed by atoms with Gasteiger partial charge in [0.2, 0.25) is 5.82 Å². The predicted molar refractivity (Wildman–Crippen MR) is 137 cm³/mol. The minimum atomic E-state index is -0.252. The van der Waals surface area contributed by atoms with E-state index >= 15 is 0 Å². The van der Waals surface area contributed by atoms with Crippen LogP contribution in [-0.2, 0) is 6.42 Å². The molecule has 2 aromatic carbocycles. The molecule has 3 heterocycles. The molecule has 166 valence electrons. The summed E-state index contributed by atoms with van der Waals surface area (Å²) in [5.41, 5.74) is 3.77. The molecule has 0 spiro atoms. The highest BCUT2D eigenvalue weighted by molar-refractivity contribution is 7.80. The molecule has 0 saturated carbocycles. The van der Waals surface area contributed by atoms with E-state index in [4.69, 9.17) is 33.3 Å². The Morgan fingerprint density at radius 2 is 1.97 bits per heavy atom. The SMILES string of the molecule is CC1=C(c2nc(-c3ccccc3)no2)C(c2cccc(Cl)c2)NC(=S)N1CCc1cccs1. The first-order valence-corrected chi connectivity index (χ1v) is 12.2.